The van der Waals surface area contributed by atoms with Crippen LogP contribution in [0.2, 0.25) is 0 Å². The van der Waals surface area contributed by atoms with Crippen molar-refractivity contribution in [3.63, 3.8) is 0 Å². The normalized spacial score (nSPS) is 15.5. The highest BCUT2D eigenvalue weighted by atomic mass is 16.8. The zero-order valence-corrected chi connectivity index (χ0v) is 13.8. The number of carbonyl (C=O) groups is 1. The minimum absolute atomic E-state index is 0.163. The minimum atomic E-state index is -1.32. The topological polar surface area (TPSA) is 61.2 Å². The van der Waals surface area contributed by atoms with Gasteiger partial charge in [0.15, 0.2) is 11.5 Å². The SMILES string of the molecule is CCOC(=O)NC1([NH+](C(C)C)C(C)C)Oc2ccccc2O1. The molecule has 122 valence electrons. The van der Waals surface area contributed by atoms with Gasteiger partial charge in [-0.05, 0) is 46.8 Å². The molecule has 0 aromatic heterocycles. The van der Waals surface area contributed by atoms with Gasteiger partial charge < -0.3 is 14.2 Å². The molecule has 1 aromatic carbocycles. The summed E-state index contributed by atoms with van der Waals surface area (Å²) in [6, 6.07) is 6.38. The second kappa shape index (κ2) is 6.44. The first-order valence-corrected chi connectivity index (χ1v) is 7.68. The van der Waals surface area contributed by atoms with Crippen LogP contribution < -0.4 is 19.7 Å². The highest BCUT2D eigenvalue weighted by Gasteiger charge is 2.56. The van der Waals surface area contributed by atoms with Crippen LogP contribution in [-0.4, -0.2) is 30.8 Å². The molecule has 1 heterocycles. The lowest BCUT2D eigenvalue weighted by Crippen LogP contribution is -3.29. The fourth-order valence-electron chi connectivity index (χ4n) is 2.92. The molecule has 6 nitrogen and oxygen atoms in total. The van der Waals surface area contributed by atoms with E-state index in [-0.39, 0.29) is 18.7 Å². The number of nitrogens with one attached hydrogen (secondary N) is 2. The van der Waals surface area contributed by atoms with Crippen LogP contribution in [0.4, 0.5) is 4.79 Å². The molecular weight excluding hydrogens is 284 g/mol. The Morgan fingerprint density at radius 3 is 2.09 bits per heavy atom. The molecule has 0 aliphatic carbocycles. The number of fused-ring (bicyclic) bond motifs is 1. The van der Waals surface area contributed by atoms with Crippen molar-refractivity contribution in [3.8, 4) is 11.5 Å². The van der Waals surface area contributed by atoms with E-state index in [4.69, 9.17) is 14.2 Å². The Kier molecular flexibility index (Phi) is 4.81. The van der Waals surface area contributed by atoms with E-state index >= 15 is 0 Å². The van der Waals surface area contributed by atoms with E-state index in [2.05, 4.69) is 33.0 Å². The highest BCUT2D eigenvalue weighted by Crippen LogP contribution is 2.36. The lowest BCUT2D eigenvalue weighted by Gasteiger charge is -2.38. The molecule has 2 N–H and O–H groups in total. The molecule has 0 fully saturated rings. The number of benzene rings is 1. The second-order valence-corrected chi connectivity index (χ2v) is 5.88. The number of alkyl carbamates (subject to hydrolysis) is 1. The van der Waals surface area contributed by atoms with Crippen LogP contribution in [-0.2, 0) is 4.74 Å². The Balaban J connectivity index is 2.36. The van der Waals surface area contributed by atoms with Crippen molar-refractivity contribution in [1.29, 1.82) is 0 Å². The first kappa shape index (κ1) is 16.4. The Bertz CT molecular complexity index is 498. The number of ether oxygens (including phenoxy) is 3. The summed E-state index contributed by atoms with van der Waals surface area (Å²) in [5, 5.41) is 2.76. The molecule has 22 heavy (non-hydrogen) atoms. The minimum Gasteiger partial charge on any atom is -0.450 e. The average molecular weight is 309 g/mol. The smallest absolute Gasteiger partial charge is 0.450 e. The van der Waals surface area contributed by atoms with Crippen LogP contribution in [0.25, 0.3) is 0 Å². The van der Waals surface area contributed by atoms with Crippen LogP contribution in [0.5, 0.6) is 11.5 Å². The van der Waals surface area contributed by atoms with Crippen molar-refractivity contribution in [2.24, 2.45) is 0 Å². The van der Waals surface area contributed by atoms with Crippen molar-refractivity contribution < 1.29 is 23.9 Å². The fourth-order valence-corrected chi connectivity index (χ4v) is 2.92. The van der Waals surface area contributed by atoms with E-state index in [9.17, 15) is 4.79 Å². The van der Waals surface area contributed by atoms with Crippen LogP contribution in [0, 0.1) is 0 Å². The van der Waals surface area contributed by atoms with Crippen molar-refractivity contribution >= 4 is 6.09 Å². The predicted molar refractivity (Wildman–Crippen MR) is 81.8 cm³/mol. The largest absolute Gasteiger partial charge is 0.505 e. The zero-order chi connectivity index (χ0) is 16.3. The van der Waals surface area contributed by atoms with Gasteiger partial charge in [-0.3, -0.25) is 0 Å². The number of carbonyl (C=O) groups excluding carboxylic acids is 1. The molecule has 1 aromatic rings. The fraction of sp³-hybridized carbons (Fsp3) is 0.562. The van der Waals surface area contributed by atoms with E-state index in [1.807, 2.05) is 24.3 Å². The molecule has 0 radical (unpaired) electrons. The van der Waals surface area contributed by atoms with E-state index in [1.54, 1.807) is 6.92 Å². The molecule has 0 atom stereocenters. The molecule has 6 heteroatoms. The maximum Gasteiger partial charge on any atom is 0.505 e. The van der Waals surface area contributed by atoms with Gasteiger partial charge in [0, 0.05) is 0 Å². The number of quaternary nitrogens is 1. The summed E-state index contributed by atoms with van der Waals surface area (Å²) in [7, 11) is 0. The molecule has 1 aliphatic rings. The van der Waals surface area contributed by atoms with Crippen LogP contribution in [0.15, 0.2) is 24.3 Å². The summed E-state index contributed by atoms with van der Waals surface area (Å²) >= 11 is 0. The summed E-state index contributed by atoms with van der Waals surface area (Å²) in [6.07, 6.45) is -0.561. The molecule has 0 spiro atoms. The summed E-state index contributed by atoms with van der Waals surface area (Å²) < 4.78 is 17.1. The molecule has 1 amide bonds. The van der Waals surface area contributed by atoms with Gasteiger partial charge in [-0.1, -0.05) is 12.1 Å². The van der Waals surface area contributed by atoms with E-state index in [1.165, 1.54) is 0 Å². The maximum atomic E-state index is 12.0. The van der Waals surface area contributed by atoms with Crippen molar-refractivity contribution in [2.75, 3.05) is 6.61 Å². The van der Waals surface area contributed by atoms with E-state index in [0.29, 0.717) is 11.5 Å². The summed E-state index contributed by atoms with van der Waals surface area (Å²) in [5.41, 5.74) is 0. The average Bonchev–Trinajstić information content (AvgIpc) is 2.75. The molecular formula is C16H25N2O4+. The predicted octanol–water partition coefficient (Wildman–Crippen LogP) is 1.52. The number of para-hydroxylation sites is 2. The zero-order valence-electron chi connectivity index (χ0n) is 13.8. The van der Waals surface area contributed by atoms with E-state index in [0.717, 1.165) is 4.90 Å². The number of amides is 1. The quantitative estimate of drug-likeness (QED) is 0.810. The molecule has 0 unspecified atom stereocenters. The van der Waals surface area contributed by atoms with Gasteiger partial charge in [0.1, 0.15) is 0 Å². The first-order chi connectivity index (χ1) is 10.4. The van der Waals surface area contributed by atoms with Gasteiger partial charge in [-0.25, -0.2) is 9.69 Å². The van der Waals surface area contributed by atoms with Crippen molar-refractivity contribution in [2.45, 2.75) is 52.7 Å². The van der Waals surface area contributed by atoms with Gasteiger partial charge in [0.05, 0.1) is 18.7 Å². The van der Waals surface area contributed by atoms with Crippen LogP contribution in [0.1, 0.15) is 34.6 Å². The van der Waals surface area contributed by atoms with E-state index < -0.39 is 12.1 Å². The highest BCUT2D eigenvalue weighted by molar-refractivity contribution is 5.67. The van der Waals surface area contributed by atoms with Crippen molar-refractivity contribution in [1.82, 2.24) is 5.32 Å². The van der Waals surface area contributed by atoms with Crippen molar-refractivity contribution in [3.05, 3.63) is 24.3 Å². The Hall–Kier alpha value is -1.95. The van der Waals surface area contributed by atoms with Gasteiger partial charge in [0.25, 0.3) is 0 Å². The maximum absolute atomic E-state index is 12.0. The van der Waals surface area contributed by atoms with Gasteiger partial charge >= 0.3 is 12.1 Å². The van der Waals surface area contributed by atoms with Gasteiger partial charge in [-0.2, -0.15) is 5.32 Å². The Labute approximate surface area is 131 Å². The van der Waals surface area contributed by atoms with Gasteiger partial charge in [0.2, 0.25) is 0 Å². The molecule has 0 bridgehead atoms. The van der Waals surface area contributed by atoms with Crippen LogP contribution in [0.3, 0.4) is 0 Å². The summed E-state index contributed by atoms with van der Waals surface area (Å²) in [5.74, 6) is 1.22. The molecule has 0 saturated carbocycles. The number of hydrogen-bond donors (Lipinski definition) is 2. The third-order valence-corrected chi connectivity index (χ3v) is 3.52. The number of rotatable bonds is 5. The molecule has 2 rings (SSSR count). The third-order valence-electron chi connectivity index (χ3n) is 3.52. The standard InChI is InChI=1S/C16H24N2O4/c1-6-20-15(19)17-16(18(11(2)3)12(4)5)21-13-9-7-8-10-14(13)22-16/h7-12H,6H2,1-5H3,(H,17,19)/p+1. The first-order valence-electron chi connectivity index (χ1n) is 7.68. The third kappa shape index (κ3) is 3.11. The molecule has 1 aliphatic heterocycles. The Morgan fingerprint density at radius 2 is 1.68 bits per heavy atom. The number of hydrogen-bond acceptors (Lipinski definition) is 4. The Morgan fingerprint density at radius 1 is 1.18 bits per heavy atom. The second-order valence-electron chi connectivity index (χ2n) is 5.88. The monoisotopic (exact) mass is 309 g/mol. The lowest BCUT2D eigenvalue weighted by molar-refractivity contribution is -1.03. The lowest BCUT2D eigenvalue weighted by atomic mass is 10.2. The molecule has 0 saturated heterocycles. The van der Waals surface area contributed by atoms with Crippen LogP contribution >= 0.6 is 0 Å². The summed E-state index contributed by atoms with van der Waals surface area (Å²) in [4.78, 5) is 13.0. The van der Waals surface area contributed by atoms with Gasteiger partial charge in [-0.15, -0.1) is 0 Å². The summed E-state index contributed by atoms with van der Waals surface area (Å²) in [6.45, 7) is 10.3.